The fourth-order valence-electron chi connectivity index (χ4n) is 1.58. The van der Waals surface area contributed by atoms with E-state index in [-0.39, 0.29) is 17.1 Å². The fourth-order valence-corrected chi connectivity index (χ4v) is 3.25. The topological polar surface area (TPSA) is 55.4 Å². The molecule has 17 heavy (non-hydrogen) atoms. The number of hydrogen-bond acceptors (Lipinski definition) is 5. The van der Waals surface area contributed by atoms with Gasteiger partial charge in [-0.25, -0.2) is 0 Å². The van der Waals surface area contributed by atoms with Crippen LogP contribution >= 0.6 is 23.1 Å². The molecule has 1 aromatic rings. The van der Waals surface area contributed by atoms with Crippen molar-refractivity contribution in [2.75, 3.05) is 12.4 Å². The fraction of sp³-hybridized carbons (Fsp3) is 0.455. The Labute approximate surface area is 108 Å². The number of thiophene rings is 1. The second kappa shape index (κ2) is 5.55. The van der Waals surface area contributed by atoms with Crippen LogP contribution in [0, 0.1) is 0 Å². The molecule has 2 heterocycles. The van der Waals surface area contributed by atoms with E-state index < -0.39 is 0 Å². The number of ether oxygens (including phenoxy) is 1. The summed E-state index contributed by atoms with van der Waals surface area (Å²) in [5.41, 5.74) is 0. The molecule has 1 aliphatic heterocycles. The molecule has 1 unspecified atom stereocenters. The van der Waals surface area contributed by atoms with Crippen molar-refractivity contribution in [3.05, 3.63) is 16.3 Å². The van der Waals surface area contributed by atoms with E-state index in [0.29, 0.717) is 23.7 Å². The van der Waals surface area contributed by atoms with Crippen LogP contribution in [0.5, 0.6) is 5.75 Å². The van der Waals surface area contributed by atoms with E-state index in [1.807, 2.05) is 12.3 Å². The molecule has 1 fully saturated rings. The summed E-state index contributed by atoms with van der Waals surface area (Å²) >= 11 is 2.60. The van der Waals surface area contributed by atoms with Crippen molar-refractivity contribution in [1.82, 2.24) is 5.32 Å². The highest BCUT2D eigenvalue weighted by Crippen LogP contribution is 2.26. The zero-order valence-corrected chi connectivity index (χ0v) is 11.0. The van der Waals surface area contributed by atoms with Crippen LogP contribution in [-0.4, -0.2) is 29.4 Å². The molecule has 4 nitrogen and oxygen atoms in total. The average molecular weight is 271 g/mol. The van der Waals surface area contributed by atoms with Crippen molar-refractivity contribution in [2.24, 2.45) is 0 Å². The van der Waals surface area contributed by atoms with Gasteiger partial charge < -0.3 is 10.1 Å². The Morgan fingerprint density at radius 3 is 3.12 bits per heavy atom. The summed E-state index contributed by atoms with van der Waals surface area (Å²) in [6, 6.07) is 1.43. The summed E-state index contributed by atoms with van der Waals surface area (Å²) < 4.78 is 5.35. The largest absolute Gasteiger partial charge is 0.492 e. The van der Waals surface area contributed by atoms with Crippen molar-refractivity contribution >= 4 is 34.1 Å². The molecule has 0 spiro atoms. The number of carbonyl (C=O) groups excluding carboxylic acids is 2. The summed E-state index contributed by atoms with van der Waals surface area (Å²) in [5, 5.41) is 4.61. The van der Waals surface area contributed by atoms with Crippen LogP contribution in [0.4, 0.5) is 0 Å². The molecule has 1 aromatic heterocycles. The van der Waals surface area contributed by atoms with Crippen LogP contribution < -0.4 is 10.1 Å². The normalized spacial score (nSPS) is 19.4. The molecule has 0 radical (unpaired) electrons. The Morgan fingerprint density at radius 2 is 2.47 bits per heavy atom. The molecule has 1 saturated heterocycles. The first-order chi connectivity index (χ1) is 8.22. The van der Waals surface area contributed by atoms with E-state index in [9.17, 15) is 9.59 Å². The molecule has 0 saturated carbocycles. The minimum absolute atomic E-state index is 0.0490. The predicted octanol–water partition coefficient (Wildman–Crippen LogP) is 1.91. The minimum atomic E-state index is -0.343. The first kappa shape index (κ1) is 12.4. The Balaban J connectivity index is 2.03. The number of carbonyl (C=O) groups is 2. The van der Waals surface area contributed by atoms with Crippen LogP contribution in [0.1, 0.15) is 23.0 Å². The maximum atomic E-state index is 12.0. The van der Waals surface area contributed by atoms with Crippen LogP contribution in [-0.2, 0) is 4.79 Å². The number of hydrogen-bond donors (Lipinski definition) is 1. The van der Waals surface area contributed by atoms with Crippen molar-refractivity contribution < 1.29 is 14.3 Å². The van der Waals surface area contributed by atoms with Gasteiger partial charge in [-0.05, 0) is 24.8 Å². The van der Waals surface area contributed by atoms with E-state index in [0.717, 1.165) is 5.75 Å². The molecular weight excluding hydrogens is 258 g/mol. The molecule has 0 bridgehead atoms. The monoisotopic (exact) mass is 271 g/mol. The molecule has 1 aliphatic rings. The number of thioether (sulfide) groups is 1. The van der Waals surface area contributed by atoms with Crippen LogP contribution in [0.2, 0.25) is 0 Å². The van der Waals surface area contributed by atoms with Crippen molar-refractivity contribution in [2.45, 2.75) is 19.4 Å². The van der Waals surface area contributed by atoms with Gasteiger partial charge in [0.25, 0.3) is 5.91 Å². The quantitative estimate of drug-likeness (QED) is 0.909. The number of amides is 1. The van der Waals surface area contributed by atoms with Gasteiger partial charge in [0, 0.05) is 5.75 Å². The van der Waals surface area contributed by atoms with Crippen LogP contribution in [0.3, 0.4) is 0 Å². The third kappa shape index (κ3) is 2.81. The van der Waals surface area contributed by atoms with Crippen molar-refractivity contribution in [1.29, 1.82) is 0 Å². The zero-order chi connectivity index (χ0) is 12.3. The van der Waals surface area contributed by atoms with Gasteiger partial charge in [0.05, 0.1) is 12.6 Å². The lowest BCUT2D eigenvalue weighted by molar-refractivity contribution is -0.112. The van der Waals surface area contributed by atoms with Gasteiger partial charge >= 0.3 is 0 Å². The van der Waals surface area contributed by atoms with Crippen molar-refractivity contribution in [3.63, 3.8) is 0 Å². The number of rotatable bonds is 4. The van der Waals surface area contributed by atoms with Gasteiger partial charge in [-0.1, -0.05) is 11.8 Å². The molecule has 0 aromatic carbocycles. The Morgan fingerprint density at radius 1 is 1.65 bits per heavy atom. The van der Waals surface area contributed by atoms with Gasteiger partial charge in [0.1, 0.15) is 10.6 Å². The van der Waals surface area contributed by atoms with Gasteiger partial charge in [-0.3, -0.25) is 9.59 Å². The molecule has 1 atom stereocenters. The summed E-state index contributed by atoms with van der Waals surface area (Å²) in [4.78, 5) is 23.9. The van der Waals surface area contributed by atoms with E-state index in [4.69, 9.17) is 4.74 Å². The summed E-state index contributed by atoms with van der Waals surface area (Å²) in [6.07, 6.45) is 0.713. The second-order valence-corrected chi connectivity index (χ2v) is 5.54. The lowest BCUT2D eigenvalue weighted by atomic mass is 10.2. The van der Waals surface area contributed by atoms with Gasteiger partial charge in [-0.15, -0.1) is 11.3 Å². The zero-order valence-electron chi connectivity index (χ0n) is 9.39. The van der Waals surface area contributed by atoms with E-state index in [1.165, 1.54) is 23.1 Å². The number of nitrogens with one attached hydrogen (secondary N) is 1. The van der Waals surface area contributed by atoms with E-state index in [1.54, 1.807) is 6.07 Å². The molecule has 2 rings (SSSR count). The average Bonchev–Trinajstić information content (AvgIpc) is 2.89. The summed E-state index contributed by atoms with van der Waals surface area (Å²) in [6.45, 7) is 2.39. The predicted molar refractivity (Wildman–Crippen MR) is 68.8 cm³/mol. The maximum absolute atomic E-state index is 12.0. The van der Waals surface area contributed by atoms with Gasteiger partial charge in [0.2, 0.25) is 5.12 Å². The van der Waals surface area contributed by atoms with Crippen molar-refractivity contribution in [3.8, 4) is 5.75 Å². The lowest BCUT2D eigenvalue weighted by Crippen LogP contribution is -2.36. The van der Waals surface area contributed by atoms with E-state index in [2.05, 4.69) is 5.32 Å². The SMILES string of the molecule is CCOc1ccsc1C(=O)NC1CCSC1=O. The highest BCUT2D eigenvalue weighted by Gasteiger charge is 2.28. The third-order valence-corrected chi connectivity index (χ3v) is 4.28. The summed E-state index contributed by atoms with van der Waals surface area (Å²) in [7, 11) is 0. The third-order valence-electron chi connectivity index (χ3n) is 2.38. The van der Waals surface area contributed by atoms with Gasteiger partial charge in [-0.2, -0.15) is 0 Å². The standard InChI is InChI=1S/C11H13NO3S2/c1-2-15-8-4-6-16-9(8)10(13)12-7-3-5-17-11(7)14/h4,6-7H,2-3,5H2,1H3,(H,12,13). The molecule has 1 amide bonds. The molecule has 1 N–H and O–H groups in total. The van der Waals surface area contributed by atoms with E-state index >= 15 is 0 Å². The van der Waals surface area contributed by atoms with Gasteiger partial charge in [0.15, 0.2) is 0 Å². The lowest BCUT2D eigenvalue weighted by Gasteiger charge is -2.10. The smallest absolute Gasteiger partial charge is 0.265 e. The Kier molecular flexibility index (Phi) is 4.06. The van der Waals surface area contributed by atoms with Crippen LogP contribution in [0.25, 0.3) is 0 Å². The highest BCUT2D eigenvalue weighted by atomic mass is 32.2. The first-order valence-corrected chi connectivity index (χ1v) is 7.26. The summed E-state index contributed by atoms with van der Waals surface area (Å²) in [5.74, 6) is 1.16. The molecule has 6 heteroatoms. The van der Waals surface area contributed by atoms with Crippen LogP contribution in [0.15, 0.2) is 11.4 Å². The Bertz CT molecular complexity index is 430. The second-order valence-electron chi connectivity index (χ2n) is 3.53. The molecule has 92 valence electrons. The molecular formula is C11H13NO3S2. The maximum Gasteiger partial charge on any atom is 0.265 e. The molecule has 0 aliphatic carbocycles. The highest BCUT2D eigenvalue weighted by molar-refractivity contribution is 8.14. The first-order valence-electron chi connectivity index (χ1n) is 5.40. The Hall–Kier alpha value is -1.01. The minimum Gasteiger partial charge on any atom is -0.492 e.